The third-order valence-corrected chi connectivity index (χ3v) is 3.80. The fourth-order valence-corrected chi connectivity index (χ4v) is 2.30. The van der Waals surface area contributed by atoms with Crippen molar-refractivity contribution in [2.75, 3.05) is 0 Å². The molecule has 2 nitrogen and oxygen atoms in total. The summed E-state index contributed by atoms with van der Waals surface area (Å²) in [5.41, 5.74) is 0. The molecule has 1 aromatic rings. The van der Waals surface area contributed by atoms with E-state index < -0.39 is 0 Å². The Bertz CT molecular complexity index is 326. The minimum Gasteiger partial charge on any atom is -0.353 e. The fourth-order valence-electron chi connectivity index (χ4n) is 1.29. The number of benzene rings is 1. The summed E-state index contributed by atoms with van der Waals surface area (Å²) in [6.07, 6.45) is 0.549. The summed E-state index contributed by atoms with van der Waals surface area (Å²) in [4.78, 5) is 12.5. The first-order chi connectivity index (χ1) is 7.63. The highest BCUT2D eigenvalue weighted by molar-refractivity contribution is 8.00. The minimum absolute atomic E-state index is 0.119. The molecule has 0 unspecified atom stereocenters. The van der Waals surface area contributed by atoms with E-state index in [1.165, 1.54) is 4.90 Å². The molecule has 16 heavy (non-hydrogen) atoms. The van der Waals surface area contributed by atoms with Crippen LogP contribution in [0, 0.1) is 0 Å². The van der Waals surface area contributed by atoms with E-state index >= 15 is 0 Å². The number of thioether (sulfide) groups is 1. The summed E-state index contributed by atoms with van der Waals surface area (Å²) in [5, 5.41) is 3.36. The second-order valence-electron chi connectivity index (χ2n) is 3.85. The Kier molecular flexibility index (Phi) is 5.39. The normalized spacial score (nSPS) is 14.2. The molecule has 0 heterocycles. The van der Waals surface area contributed by atoms with Crippen LogP contribution in [0.1, 0.15) is 27.2 Å². The van der Waals surface area contributed by atoms with E-state index in [4.69, 9.17) is 0 Å². The molecular formula is C13H19NOS. The van der Waals surface area contributed by atoms with E-state index in [-0.39, 0.29) is 11.9 Å². The van der Waals surface area contributed by atoms with Gasteiger partial charge in [0.15, 0.2) is 0 Å². The SMILES string of the molecule is CCC(=O)N[C@H](C)[C@@H](C)Sc1ccccc1. The molecule has 0 spiro atoms. The zero-order chi connectivity index (χ0) is 12.0. The molecule has 0 aliphatic rings. The second kappa shape index (κ2) is 6.59. The molecule has 0 aromatic heterocycles. The van der Waals surface area contributed by atoms with Gasteiger partial charge in [0.25, 0.3) is 0 Å². The predicted molar refractivity (Wildman–Crippen MR) is 69.7 cm³/mol. The summed E-state index contributed by atoms with van der Waals surface area (Å²) < 4.78 is 0. The molecule has 0 bridgehead atoms. The summed E-state index contributed by atoms with van der Waals surface area (Å²) in [6, 6.07) is 10.5. The van der Waals surface area contributed by atoms with Crippen molar-refractivity contribution in [3.8, 4) is 0 Å². The van der Waals surface area contributed by atoms with E-state index in [2.05, 4.69) is 24.4 Å². The molecule has 0 fully saturated rings. The van der Waals surface area contributed by atoms with Crippen molar-refractivity contribution in [3.63, 3.8) is 0 Å². The van der Waals surface area contributed by atoms with E-state index in [1.807, 2.05) is 32.0 Å². The van der Waals surface area contributed by atoms with Gasteiger partial charge in [-0.3, -0.25) is 4.79 Å². The smallest absolute Gasteiger partial charge is 0.219 e. The lowest BCUT2D eigenvalue weighted by atomic mass is 10.2. The average Bonchev–Trinajstić information content (AvgIpc) is 2.30. The molecule has 88 valence electrons. The van der Waals surface area contributed by atoms with Gasteiger partial charge >= 0.3 is 0 Å². The van der Waals surface area contributed by atoms with E-state index in [1.54, 1.807) is 11.8 Å². The van der Waals surface area contributed by atoms with Crippen molar-refractivity contribution < 1.29 is 4.79 Å². The van der Waals surface area contributed by atoms with Gasteiger partial charge in [-0.05, 0) is 19.1 Å². The highest BCUT2D eigenvalue weighted by Crippen LogP contribution is 2.24. The molecule has 1 amide bonds. The zero-order valence-corrected chi connectivity index (χ0v) is 10.9. The van der Waals surface area contributed by atoms with Gasteiger partial charge in [-0.25, -0.2) is 0 Å². The molecule has 1 N–H and O–H groups in total. The van der Waals surface area contributed by atoms with Crippen LogP contribution in [0.3, 0.4) is 0 Å². The first-order valence-electron chi connectivity index (χ1n) is 5.64. The molecule has 0 saturated heterocycles. The number of carbonyl (C=O) groups is 1. The Balaban J connectivity index is 2.46. The molecule has 3 heteroatoms. The summed E-state index contributed by atoms with van der Waals surface area (Å²) in [6.45, 7) is 6.06. The quantitative estimate of drug-likeness (QED) is 0.797. The molecule has 2 atom stereocenters. The molecule has 0 saturated carbocycles. The topological polar surface area (TPSA) is 29.1 Å². The lowest BCUT2D eigenvalue weighted by Gasteiger charge is -2.20. The third-order valence-electron chi connectivity index (χ3n) is 2.48. The third kappa shape index (κ3) is 4.27. The lowest BCUT2D eigenvalue weighted by Crippen LogP contribution is -2.38. The molecule has 1 aromatic carbocycles. The fraction of sp³-hybridized carbons (Fsp3) is 0.462. The Morgan fingerprint density at radius 1 is 1.31 bits per heavy atom. The number of rotatable bonds is 5. The average molecular weight is 237 g/mol. The van der Waals surface area contributed by atoms with Crippen LogP contribution in [0.25, 0.3) is 0 Å². The van der Waals surface area contributed by atoms with Gasteiger partial charge in [0.2, 0.25) is 5.91 Å². The van der Waals surface area contributed by atoms with Crippen molar-refractivity contribution in [2.45, 2.75) is 43.4 Å². The van der Waals surface area contributed by atoms with Crippen LogP contribution in [0.15, 0.2) is 35.2 Å². The maximum atomic E-state index is 11.3. The second-order valence-corrected chi connectivity index (χ2v) is 5.30. The van der Waals surface area contributed by atoms with Crippen molar-refractivity contribution in [2.24, 2.45) is 0 Å². The van der Waals surface area contributed by atoms with Crippen LogP contribution in [0.5, 0.6) is 0 Å². The molecular weight excluding hydrogens is 218 g/mol. The van der Waals surface area contributed by atoms with Crippen LogP contribution in [-0.2, 0) is 4.79 Å². The monoisotopic (exact) mass is 237 g/mol. The summed E-state index contributed by atoms with van der Waals surface area (Å²) in [5.74, 6) is 0.119. The highest BCUT2D eigenvalue weighted by Gasteiger charge is 2.14. The Morgan fingerprint density at radius 3 is 2.50 bits per heavy atom. The van der Waals surface area contributed by atoms with Crippen LogP contribution >= 0.6 is 11.8 Å². The van der Waals surface area contributed by atoms with Crippen molar-refractivity contribution in [3.05, 3.63) is 30.3 Å². The van der Waals surface area contributed by atoms with Gasteiger partial charge in [-0.2, -0.15) is 0 Å². The van der Waals surface area contributed by atoms with Gasteiger partial charge in [0.1, 0.15) is 0 Å². The van der Waals surface area contributed by atoms with Crippen molar-refractivity contribution >= 4 is 17.7 Å². The van der Waals surface area contributed by atoms with Crippen LogP contribution < -0.4 is 5.32 Å². The molecule has 0 aliphatic heterocycles. The maximum Gasteiger partial charge on any atom is 0.219 e. The van der Waals surface area contributed by atoms with E-state index in [0.29, 0.717) is 11.7 Å². The van der Waals surface area contributed by atoms with Crippen LogP contribution in [0.4, 0.5) is 0 Å². The minimum atomic E-state index is 0.119. The largest absolute Gasteiger partial charge is 0.353 e. The Labute approximate surface area is 102 Å². The molecule has 1 rings (SSSR count). The number of hydrogen-bond acceptors (Lipinski definition) is 2. The van der Waals surface area contributed by atoms with Gasteiger partial charge in [-0.15, -0.1) is 11.8 Å². The van der Waals surface area contributed by atoms with Gasteiger partial charge in [0, 0.05) is 22.6 Å². The highest BCUT2D eigenvalue weighted by atomic mass is 32.2. The number of hydrogen-bond donors (Lipinski definition) is 1. The van der Waals surface area contributed by atoms with Crippen LogP contribution in [-0.4, -0.2) is 17.2 Å². The molecule has 0 radical (unpaired) electrons. The number of nitrogens with one attached hydrogen (secondary N) is 1. The Morgan fingerprint density at radius 2 is 1.94 bits per heavy atom. The summed E-state index contributed by atoms with van der Waals surface area (Å²) >= 11 is 1.79. The maximum absolute atomic E-state index is 11.3. The van der Waals surface area contributed by atoms with Crippen molar-refractivity contribution in [1.29, 1.82) is 0 Å². The van der Waals surface area contributed by atoms with Gasteiger partial charge in [-0.1, -0.05) is 32.0 Å². The first kappa shape index (κ1) is 13.1. The van der Waals surface area contributed by atoms with E-state index in [0.717, 1.165) is 0 Å². The summed E-state index contributed by atoms with van der Waals surface area (Å²) in [7, 11) is 0. The zero-order valence-electron chi connectivity index (χ0n) is 10.1. The van der Waals surface area contributed by atoms with Crippen molar-refractivity contribution in [1.82, 2.24) is 5.32 Å². The number of carbonyl (C=O) groups excluding carboxylic acids is 1. The van der Waals surface area contributed by atoms with Gasteiger partial charge < -0.3 is 5.32 Å². The number of amides is 1. The standard InChI is InChI=1S/C13H19NOS/c1-4-13(15)14-10(2)11(3)16-12-8-6-5-7-9-12/h5-11H,4H2,1-3H3,(H,14,15)/t10-,11-/m1/s1. The first-order valence-corrected chi connectivity index (χ1v) is 6.52. The van der Waals surface area contributed by atoms with E-state index in [9.17, 15) is 4.79 Å². The lowest BCUT2D eigenvalue weighted by molar-refractivity contribution is -0.121. The predicted octanol–water partition coefficient (Wildman–Crippen LogP) is 3.08. The van der Waals surface area contributed by atoms with Gasteiger partial charge in [0.05, 0.1) is 0 Å². The van der Waals surface area contributed by atoms with Crippen LogP contribution in [0.2, 0.25) is 0 Å². The molecule has 0 aliphatic carbocycles. The Hall–Kier alpha value is -0.960.